The summed E-state index contributed by atoms with van der Waals surface area (Å²) in [5, 5.41) is 0. The van der Waals surface area contributed by atoms with Crippen LogP contribution >= 0.6 is 0 Å². The van der Waals surface area contributed by atoms with Gasteiger partial charge in [0.05, 0.1) is 19.8 Å². The van der Waals surface area contributed by atoms with E-state index in [4.69, 9.17) is 28.4 Å². The van der Waals surface area contributed by atoms with Gasteiger partial charge in [0.25, 0.3) is 5.97 Å². The molecule has 6 heteroatoms. The predicted octanol–water partition coefficient (Wildman–Crippen LogP) is 4.61. The summed E-state index contributed by atoms with van der Waals surface area (Å²) in [4.78, 5) is 0. The van der Waals surface area contributed by atoms with E-state index in [2.05, 4.69) is 13.8 Å². The summed E-state index contributed by atoms with van der Waals surface area (Å²) in [5.74, 6) is -0.496. The van der Waals surface area contributed by atoms with Crippen LogP contribution in [0, 0.1) is 11.8 Å². The topological polar surface area (TPSA) is 55.4 Å². The van der Waals surface area contributed by atoms with Crippen molar-refractivity contribution < 1.29 is 28.4 Å². The van der Waals surface area contributed by atoms with Crippen LogP contribution in [0.3, 0.4) is 0 Å². The molecule has 0 radical (unpaired) electrons. The summed E-state index contributed by atoms with van der Waals surface area (Å²) in [6, 6.07) is 0. The highest BCUT2D eigenvalue weighted by Gasteiger charge is 2.40. The van der Waals surface area contributed by atoms with Crippen molar-refractivity contribution in [1.29, 1.82) is 0 Å². The van der Waals surface area contributed by atoms with Gasteiger partial charge in [0.1, 0.15) is 6.79 Å². The Labute approximate surface area is 167 Å². The van der Waals surface area contributed by atoms with Crippen LogP contribution in [0.4, 0.5) is 0 Å². The predicted molar refractivity (Wildman–Crippen MR) is 108 cm³/mol. The lowest BCUT2D eigenvalue weighted by Gasteiger charge is -2.37. The van der Waals surface area contributed by atoms with E-state index in [9.17, 15) is 0 Å². The second kappa shape index (κ2) is 17.8. The van der Waals surface area contributed by atoms with Crippen LogP contribution in [-0.4, -0.2) is 61.0 Å². The fourth-order valence-electron chi connectivity index (χ4n) is 3.42. The van der Waals surface area contributed by atoms with Gasteiger partial charge in [0.15, 0.2) is 0 Å². The zero-order chi connectivity index (χ0) is 20.4. The molecule has 2 unspecified atom stereocenters. The monoisotopic (exact) mass is 392 g/mol. The Morgan fingerprint density at radius 2 is 1.41 bits per heavy atom. The van der Waals surface area contributed by atoms with Gasteiger partial charge in [-0.3, -0.25) is 0 Å². The standard InChI is InChI=1S/C21H44O6/c1-7-8-9-10-11-12-13-20(21(23-4,24-5)25-6)16-19(2)17-27-18-26-15-14-22-3/h19-20H,7-18H2,1-6H3. The van der Waals surface area contributed by atoms with E-state index in [-0.39, 0.29) is 5.92 Å². The van der Waals surface area contributed by atoms with Crippen LogP contribution in [0.1, 0.15) is 65.2 Å². The number of hydrogen-bond donors (Lipinski definition) is 0. The first-order valence-electron chi connectivity index (χ1n) is 10.4. The first-order valence-corrected chi connectivity index (χ1v) is 10.4. The number of ether oxygens (including phenoxy) is 6. The molecular formula is C21H44O6. The smallest absolute Gasteiger partial charge is 0.285 e. The molecule has 0 aliphatic rings. The van der Waals surface area contributed by atoms with Crippen LogP contribution in [0.2, 0.25) is 0 Å². The third kappa shape index (κ3) is 12.0. The van der Waals surface area contributed by atoms with Crippen molar-refractivity contribution in [2.24, 2.45) is 11.8 Å². The molecular weight excluding hydrogens is 348 g/mol. The molecule has 0 fully saturated rings. The molecule has 0 N–H and O–H groups in total. The zero-order valence-corrected chi connectivity index (χ0v) is 18.6. The van der Waals surface area contributed by atoms with Crippen molar-refractivity contribution in [3.8, 4) is 0 Å². The Bertz CT molecular complexity index is 301. The quantitative estimate of drug-likeness (QED) is 0.223. The largest absolute Gasteiger partial charge is 0.382 e. The van der Waals surface area contributed by atoms with Gasteiger partial charge in [-0.2, -0.15) is 0 Å². The normalized spacial score (nSPS) is 14.4. The zero-order valence-electron chi connectivity index (χ0n) is 18.6. The molecule has 27 heavy (non-hydrogen) atoms. The summed E-state index contributed by atoms with van der Waals surface area (Å²) < 4.78 is 32.8. The lowest BCUT2D eigenvalue weighted by molar-refractivity contribution is -0.381. The van der Waals surface area contributed by atoms with Gasteiger partial charge in [0, 0.05) is 34.4 Å². The van der Waals surface area contributed by atoms with Gasteiger partial charge in [-0.25, -0.2) is 0 Å². The van der Waals surface area contributed by atoms with Gasteiger partial charge in [-0.15, -0.1) is 0 Å². The Kier molecular flexibility index (Phi) is 17.7. The molecule has 0 aromatic carbocycles. The second-order valence-electron chi connectivity index (χ2n) is 7.20. The van der Waals surface area contributed by atoms with Crippen LogP contribution in [-0.2, 0) is 28.4 Å². The summed E-state index contributed by atoms with van der Waals surface area (Å²) >= 11 is 0. The Hall–Kier alpha value is -0.240. The van der Waals surface area contributed by atoms with E-state index in [1.54, 1.807) is 28.4 Å². The highest BCUT2D eigenvalue weighted by molar-refractivity contribution is 4.74. The minimum Gasteiger partial charge on any atom is -0.382 e. The molecule has 0 bridgehead atoms. The number of rotatable bonds is 20. The minimum atomic E-state index is -0.993. The Morgan fingerprint density at radius 3 is 2.00 bits per heavy atom. The van der Waals surface area contributed by atoms with Gasteiger partial charge in [-0.05, 0) is 18.8 Å². The molecule has 0 aliphatic heterocycles. The van der Waals surface area contributed by atoms with Crippen LogP contribution in [0.25, 0.3) is 0 Å². The third-order valence-electron chi connectivity index (χ3n) is 4.95. The second-order valence-corrected chi connectivity index (χ2v) is 7.20. The maximum atomic E-state index is 5.64. The van der Waals surface area contributed by atoms with E-state index in [1.807, 2.05) is 0 Å². The molecule has 0 rings (SSSR count). The van der Waals surface area contributed by atoms with Crippen molar-refractivity contribution in [3.63, 3.8) is 0 Å². The summed E-state index contributed by atoms with van der Waals surface area (Å²) in [6.45, 7) is 6.47. The first kappa shape index (κ1) is 26.8. The molecule has 0 aliphatic carbocycles. The number of unbranched alkanes of at least 4 members (excludes halogenated alkanes) is 5. The van der Waals surface area contributed by atoms with Crippen molar-refractivity contribution in [2.45, 2.75) is 71.2 Å². The summed E-state index contributed by atoms with van der Waals surface area (Å²) in [7, 11) is 6.59. The molecule has 6 nitrogen and oxygen atoms in total. The average molecular weight is 393 g/mol. The van der Waals surface area contributed by atoms with Crippen molar-refractivity contribution in [3.05, 3.63) is 0 Å². The van der Waals surface area contributed by atoms with E-state index in [0.29, 0.717) is 32.5 Å². The van der Waals surface area contributed by atoms with E-state index in [1.165, 1.54) is 32.1 Å². The fourth-order valence-corrected chi connectivity index (χ4v) is 3.42. The molecule has 164 valence electrons. The third-order valence-corrected chi connectivity index (χ3v) is 4.95. The van der Waals surface area contributed by atoms with E-state index in [0.717, 1.165) is 19.3 Å². The highest BCUT2D eigenvalue weighted by atomic mass is 16.9. The molecule has 0 saturated carbocycles. The molecule has 2 atom stereocenters. The van der Waals surface area contributed by atoms with Crippen LogP contribution in [0.5, 0.6) is 0 Å². The number of methoxy groups -OCH3 is 4. The van der Waals surface area contributed by atoms with Gasteiger partial charge < -0.3 is 28.4 Å². The average Bonchev–Trinajstić information content (AvgIpc) is 2.68. The van der Waals surface area contributed by atoms with Gasteiger partial charge >= 0.3 is 0 Å². The molecule has 0 amide bonds. The minimum absolute atomic E-state index is 0.150. The molecule has 0 saturated heterocycles. The maximum absolute atomic E-state index is 5.64. The van der Waals surface area contributed by atoms with Gasteiger partial charge in [-0.1, -0.05) is 52.4 Å². The lowest BCUT2D eigenvalue weighted by Crippen LogP contribution is -2.45. The lowest BCUT2D eigenvalue weighted by atomic mass is 9.89. The van der Waals surface area contributed by atoms with Crippen molar-refractivity contribution >= 4 is 0 Å². The van der Waals surface area contributed by atoms with Crippen molar-refractivity contribution in [2.75, 3.05) is 55.1 Å². The first-order chi connectivity index (χ1) is 13.1. The van der Waals surface area contributed by atoms with Crippen LogP contribution in [0.15, 0.2) is 0 Å². The SMILES string of the molecule is CCCCCCCCC(CC(C)COCOCCOC)C(OC)(OC)OC. The molecule has 0 heterocycles. The molecule has 0 aromatic heterocycles. The van der Waals surface area contributed by atoms with Crippen LogP contribution < -0.4 is 0 Å². The fraction of sp³-hybridized carbons (Fsp3) is 1.00. The Morgan fingerprint density at radius 1 is 0.778 bits per heavy atom. The summed E-state index contributed by atoms with van der Waals surface area (Å²) in [5.41, 5.74) is 0. The molecule has 0 spiro atoms. The summed E-state index contributed by atoms with van der Waals surface area (Å²) in [6.07, 6.45) is 9.51. The van der Waals surface area contributed by atoms with Crippen molar-refractivity contribution in [1.82, 2.24) is 0 Å². The maximum Gasteiger partial charge on any atom is 0.285 e. The highest BCUT2D eigenvalue weighted by Crippen LogP contribution is 2.33. The Balaban J connectivity index is 4.43. The van der Waals surface area contributed by atoms with Gasteiger partial charge in [0.2, 0.25) is 0 Å². The van der Waals surface area contributed by atoms with E-state index < -0.39 is 5.97 Å². The molecule has 0 aromatic rings. The number of hydrogen-bond acceptors (Lipinski definition) is 6. The van der Waals surface area contributed by atoms with E-state index >= 15 is 0 Å².